The number of benzene rings is 2. The summed E-state index contributed by atoms with van der Waals surface area (Å²) in [5.41, 5.74) is 1.07. The van der Waals surface area contributed by atoms with E-state index in [0.717, 1.165) is 4.68 Å². The molecule has 0 radical (unpaired) electrons. The fraction of sp³-hybridized carbons (Fsp3) is 0.111. The fourth-order valence-electron chi connectivity index (χ4n) is 2.26. The van der Waals surface area contributed by atoms with E-state index in [1.165, 1.54) is 6.20 Å². The molecular weight excluding hydrogens is 356 g/mol. The number of hydrogen-bond acceptors (Lipinski definition) is 5. The van der Waals surface area contributed by atoms with Gasteiger partial charge in [-0.2, -0.15) is 10.1 Å². The van der Waals surface area contributed by atoms with Crippen molar-refractivity contribution in [3.05, 3.63) is 70.2 Å². The summed E-state index contributed by atoms with van der Waals surface area (Å²) in [7, 11) is 1.56. The number of carbonyl (C=O) groups excluding carboxylic acids is 1. The van der Waals surface area contributed by atoms with Crippen molar-refractivity contribution < 1.29 is 9.53 Å². The highest BCUT2D eigenvalue weighted by Crippen LogP contribution is 2.20. The maximum absolute atomic E-state index is 12.2. The molecule has 1 amide bonds. The molecule has 7 nitrogen and oxygen atoms in total. The molecule has 0 saturated heterocycles. The van der Waals surface area contributed by atoms with E-state index in [1.807, 2.05) is 0 Å². The van der Waals surface area contributed by atoms with Crippen LogP contribution in [0.15, 0.2) is 59.5 Å². The molecule has 3 rings (SSSR count). The Bertz CT molecular complexity index is 986. The van der Waals surface area contributed by atoms with Crippen LogP contribution in [0.25, 0.3) is 11.3 Å². The molecule has 0 aliphatic rings. The molecule has 1 N–H and O–H groups in total. The van der Waals surface area contributed by atoms with E-state index in [1.54, 1.807) is 55.6 Å². The van der Waals surface area contributed by atoms with E-state index >= 15 is 0 Å². The fourth-order valence-corrected chi connectivity index (χ4v) is 2.39. The summed E-state index contributed by atoms with van der Waals surface area (Å²) in [5, 5.41) is 7.26. The minimum Gasteiger partial charge on any atom is -0.497 e. The SMILES string of the molecule is COc1cccc(-c2cnn(CC(=O)Nc3ccc(Cl)cc3)c(=O)n2)c1. The van der Waals surface area contributed by atoms with Gasteiger partial charge in [0.1, 0.15) is 12.3 Å². The van der Waals surface area contributed by atoms with Crippen LogP contribution >= 0.6 is 11.6 Å². The Labute approximate surface area is 154 Å². The smallest absolute Gasteiger partial charge is 0.365 e. The highest BCUT2D eigenvalue weighted by Gasteiger charge is 2.09. The second kappa shape index (κ2) is 7.79. The summed E-state index contributed by atoms with van der Waals surface area (Å²) < 4.78 is 6.15. The van der Waals surface area contributed by atoms with Crippen LogP contribution in [-0.4, -0.2) is 27.8 Å². The number of anilines is 1. The van der Waals surface area contributed by atoms with Gasteiger partial charge in [0.05, 0.1) is 19.0 Å². The molecule has 0 aliphatic carbocycles. The molecule has 2 aromatic carbocycles. The molecule has 0 saturated carbocycles. The van der Waals surface area contributed by atoms with Crippen molar-refractivity contribution >= 4 is 23.2 Å². The molecule has 8 heteroatoms. The Morgan fingerprint density at radius 3 is 2.69 bits per heavy atom. The largest absolute Gasteiger partial charge is 0.497 e. The third-order valence-electron chi connectivity index (χ3n) is 3.54. The highest BCUT2D eigenvalue weighted by molar-refractivity contribution is 6.30. The molecule has 0 atom stereocenters. The van der Waals surface area contributed by atoms with Gasteiger partial charge in [0.15, 0.2) is 0 Å². The number of rotatable bonds is 5. The van der Waals surface area contributed by atoms with Gasteiger partial charge in [-0.25, -0.2) is 9.48 Å². The van der Waals surface area contributed by atoms with Crippen LogP contribution in [0.4, 0.5) is 5.69 Å². The summed E-state index contributed by atoms with van der Waals surface area (Å²) in [4.78, 5) is 28.2. The number of nitrogens with zero attached hydrogens (tertiary/aromatic N) is 3. The lowest BCUT2D eigenvalue weighted by Gasteiger charge is -2.07. The number of halogens is 1. The molecular formula is C18H15ClN4O3. The molecule has 1 heterocycles. The van der Waals surface area contributed by atoms with E-state index in [-0.39, 0.29) is 6.54 Å². The Hall–Kier alpha value is -3.19. The van der Waals surface area contributed by atoms with Gasteiger partial charge in [-0.1, -0.05) is 23.7 Å². The number of hydrogen-bond donors (Lipinski definition) is 1. The highest BCUT2D eigenvalue weighted by atomic mass is 35.5. The Morgan fingerprint density at radius 1 is 1.23 bits per heavy atom. The summed E-state index contributed by atoms with van der Waals surface area (Å²) in [5.74, 6) is 0.258. The van der Waals surface area contributed by atoms with E-state index < -0.39 is 11.6 Å². The monoisotopic (exact) mass is 370 g/mol. The van der Waals surface area contributed by atoms with Gasteiger partial charge in [0.2, 0.25) is 5.91 Å². The van der Waals surface area contributed by atoms with Crippen molar-refractivity contribution in [2.45, 2.75) is 6.54 Å². The second-order valence-corrected chi connectivity index (χ2v) is 5.81. The van der Waals surface area contributed by atoms with E-state index in [0.29, 0.717) is 27.7 Å². The molecule has 3 aromatic rings. The Kier molecular flexibility index (Phi) is 5.28. The molecule has 0 spiro atoms. The number of nitrogens with one attached hydrogen (secondary N) is 1. The van der Waals surface area contributed by atoms with Gasteiger partial charge in [-0.15, -0.1) is 0 Å². The van der Waals surface area contributed by atoms with Crippen LogP contribution < -0.4 is 15.7 Å². The molecule has 0 aliphatic heterocycles. The molecule has 0 fully saturated rings. The Morgan fingerprint density at radius 2 is 2.00 bits per heavy atom. The van der Waals surface area contributed by atoms with Crippen molar-refractivity contribution in [1.82, 2.24) is 14.8 Å². The van der Waals surface area contributed by atoms with E-state index in [4.69, 9.17) is 16.3 Å². The third kappa shape index (κ3) is 4.25. The van der Waals surface area contributed by atoms with Crippen LogP contribution in [0.5, 0.6) is 5.75 Å². The van der Waals surface area contributed by atoms with Crippen LogP contribution in [0, 0.1) is 0 Å². The maximum atomic E-state index is 12.2. The average Bonchev–Trinajstić information content (AvgIpc) is 2.65. The first kappa shape index (κ1) is 17.6. The first-order valence-electron chi connectivity index (χ1n) is 7.69. The number of aromatic nitrogens is 3. The summed E-state index contributed by atoms with van der Waals surface area (Å²) in [6.07, 6.45) is 1.44. The van der Waals surface area contributed by atoms with Crippen LogP contribution in [0.3, 0.4) is 0 Å². The topological polar surface area (TPSA) is 86.1 Å². The van der Waals surface area contributed by atoms with Crippen molar-refractivity contribution in [3.63, 3.8) is 0 Å². The maximum Gasteiger partial charge on any atom is 0.365 e. The zero-order valence-electron chi connectivity index (χ0n) is 13.8. The third-order valence-corrected chi connectivity index (χ3v) is 3.80. The second-order valence-electron chi connectivity index (χ2n) is 5.37. The van der Waals surface area contributed by atoms with Gasteiger partial charge < -0.3 is 10.1 Å². The van der Waals surface area contributed by atoms with Crippen molar-refractivity contribution in [3.8, 4) is 17.0 Å². The number of carbonyl (C=O) groups is 1. The zero-order chi connectivity index (χ0) is 18.5. The molecule has 0 unspecified atom stereocenters. The summed E-state index contributed by atoms with van der Waals surface area (Å²) in [6, 6.07) is 13.8. The quantitative estimate of drug-likeness (QED) is 0.746. The number of ether oxygens (including phenoxy) is 1. The van der Waals surface area contributed by atoms with Crippen LogP contribution in [-0.2, 0) is 11.3 Å². The summed E-state index contributed by atoms with van der Waals surface area (Å²) >= 11 is 5.80. The first-order chi connectivity index (χ1) is 12.5. The predicted octanol–water partition coefficient (Wildman–Crippen LogP) is 2.61. The van der Waals surface area contributed by atoms with Crippen LogP contribution in [0.1, 0.15) is 0 Å². The normalized spacial score (nSPS) is 10.4. The lowest BCUT2D eigenvalue weighted by atomic mass is 10.1. The molecule has 132 valence electrons. The minimum atomic E-state index is -0.614. The van der Waals surface area contributed by atoms with Gasteiger partial charge in [-0.05, 0) is 36.4 Å². The molecule has 1 aromatic heterocycles. The molecule has 26 heavy (non-hydrogen) atoms. The number of methoxy groups -OCH3 is 1. The minimum absolute atomic E-state index is 0.243. The lowest BCUT2D eigenvalue weighted by molar-refractivity contribution is -0.117. The van der Waals surface area contributed by atoms with Gasteiger partial charge in [0, 0.05) is 16.3 Å². The van der Waals surface area contributed by atoms with Gasteiger partial charge in [-0.3, -0.25) is 4.79 Å². The first-order valence-corrected chi connectivity index (χ1v) is 8.07. The summed E-state index contributed by atoms with van der Waals surface area (Å²) in [6.45, 7) is -0.243. The van der Waals surface area contributed by atoms with Gasteiger partial charge in [0.25, 0.3) is 0 Å². The van der Waals surface area contributed by atoms with Crippen LogP contribution in [0.2, 0.25) is 5.02 Å². The lowest BCUT2D eigenvalue weighted by Crippen LogP contribution is -2.31. The number of amides is 1. The standard InChI is InChI=1S/C18H15ClN4O3/c1-26-15-4-2-3-12(9-15)16-10-20-23(18(25)22-16)11-17(24)21-14-7-5-13(19)6-8-14/h2-10H,11H2,1H3,(H,21,24). The van der Waals surface area contributed by atoms with E-state index in [2.05, 4.69) is 15.4 Å². The van der Waals surface area contributed by atoms with Crippen molar-refractivity contribution in [2.24, 2.45) is 0 Å². The van der Waals surface area contributed by atoms with Crippen molar-refractivity contribution in [1.29, 1.82) is 0 Å². The molecule has 0 bridgehead atoms. The average molecular weight is 371 g/mol. The Balaban J connectivity index is 1.74. The zero-order valence-corrected chi connectivity index (χ0v) is 14.6. The predicted molar refractivity (Wildman–Crippen MR) is 98.4 cm³/mol. The van der Waals surface area contributed by atoms with Gasteiger partial charge >= 0.3 is 5.69 Å². The van der Waals surface area contributed by atoms with Crippen molar-refractivity contribution in [2.75, 3.05) is 12.4 Å². The van der Waals surface area contributed by atoms with E-state index in [9.17, 15) is 9.59 Å².